The van der Waals surface area contributed by atoms with E-state index in [1.54, 1.807) is 0 Å². The molecular weight excluding hydrogens is 833 g/mol. The molecule has 0 radical (unpaired) electrons. The maximum Gasteiger partial charge on any atom is 0.160 e. The van der Waals surface area contributed by atoms with Crippen molar-refractivity contribution < 1.29 is 0 Å². The molecule has 322 valence electrons. The third-order valence-corrected chi connectivity index (χ3v) is 14.2. The van der Waals surface area contributed by atoms with Gasteiger partial charge in [-0.2, -0.15) is 0 Å². The molecule has 0 amide bonds. The first-order valence-electron chi connectivity index (χ1n) is 23.7. The van der Waals surface area contributed by atoms with Gasteiger partial charge in [-0.1, -0.05) is 255 Å². The van der Waals surface area contributed by atoms with E-state index in [1.165, 1.54) is 82.9 Å². The van der Waals surface area contributed by atoms with Crippen LogP contribution in [0.3, 0.4) is 0 Å². The molecule has 0 aliphatic heterocycles. The van der Waals surface area contributed by atoms with Gasteiger partial charge in [-0.3, -0.25) is 0 Å². The molecule has 1 aliphatic rings. The molecule has 0 atom stereocenters. The summed E-state index contributed by atoms with van der Waals surface area (Å²) >= 11 is 0. The second kappa shape index (κ2) is 16.7. The van der Waals surface area contributed by atoms with E-state index in [9.17, 15) is 0 Å². The molecule has 2 heteroatoms. The second-order valence-corrected chi connectivity index (χ2v) is 18.0. The summed E-state index contributed by atoms with van der Waals surface area (Å²) in [7, 11) is 0. The van der Waals surface area contributed by atoms with Crippen LogP contribution in [-0.2, 0) is 5.41 Å². The van der Waals surface area contributed by atoms with Crippen molar-refractivity contribution in [3.63, 3.8) is 0 Å². The summed E-state index contributed by atoms with van der Waals surface area (Å²) in [5.41, 5.74) is 19.3. The zero-order valence-electron chi connectivity index (χ0n) is 37.8. The maximum atomic E-state index is 5.28. The Kier molecular flexibility index (Phi) is 9.77. The Hall–Kier alpha value is -8.98. The minimum absolute atomic E-state index is 0.434. The van der Waals surface area contributed by atoms with Crippen molar-refractivity contribution in [2.75, 3.05) is 0 Å². The molecule has 0 unspecified atom stereocenters. The molecule has 0 saturated heterocycles. The van der Waals surface area contributed by atoms with Crippen LogP contribution in [0.5, 0.6) is 0 Å². The van der Waals surface area contributed by atoms with Crippen molar-refractivity contribution in [2.45, 2.75) is 5.41 Å². The van der Waals surface area contributed by atoms with Gasteiger partial charge < -0.3 is 0 Å². The Morgan fingerprint density at radius 3 is 1.28 bits per heavy atom. The monoisotopic (exact) mass is 876 g/mol. The summed E-state index contributed by atoms with van der Waals surface area (Å²) in [6.07, 6.45) is 0. The summed E-state index contributed by atoms with van der Waals surface area (Å²) in [4.78, 5) is 10.5. The number of rotatable bonds is 8. The average molecular weight is 877 g/mol. The van der Waals surface area contributed by atoms with E-state index >= 15 is 0 Å². The molecule has 1 aromatic heterocycles. The third kappa shape index (κ3) is 6.72. The third-order valence-electron chi connectivity index (χ3n) is 14.2. The first-order chi connectivity index (χ1) is 34.2. The molecule has 0 saturated carbocycles. The Balaban J connectivity index is 0.934. The van der Waals surface area contributed by atoms with Crippen LogP contribution in [0.2, 0.25) is 0 Å². The lowest BCUT2D eigenvalue weighted by Gasteiger charge is -2.33. The fourth-order valence-corrected chi connectivity index (χ4v) is 11.1. The zero-order chi connectivity index (χ0) is 45.7. The van der Waals surface area contributed by atoms with Gasteiger partial charge in [-0.15, -0.1) is 0 Å². The second-order valence-electron chi connectivity index (χ2n) is 18.0. The Labute approximate surface area is 402 Å². The van der Waals surface area contributed by atoms with E-state index in [2.05, 4.69) is 249 Å². The van der Waals surface area contributed by atoms with E-state index < -0.39 is 5.41 Å². The number of aromatic nitrogens is 2. The van der Waals surface area contributed by atoms with Crippen LogP contribution >= 0.6 is 0 Å². The molecule has 2 nitrogen and oxygen atoms in total. The predicted octanol–water partition coefficient (Wildman–Crippen LogP) is 17.1. The summed E-state index contributed by atoms with van der Waals surface area (Å²) in [5.74, 6) is 0.700. The average Bonchev–Trinajstić information content (AvgIpc) is 3.74. The van der Waals surface area contributed by atoms with E-state index in [1.807, 2.05) is 18.2 Å². The highest BCUT2D eigenvalue weighted by molar-refractivity contribution is 6.12. The van der Waals surface area contributed by atoms with Crippen molar-refractivity contribution in [1.29, 1.82) is 0 Å². The number of nitrogens with zero attached hydrogens (tertiary/aromatic N) is 2. The van der Waals surface area contributed by atoms with Crippen LogP contribution in [0.1, 0.15) is 22.3 Å². The van der Waals surface area contributed by atoms with Gasteiger partial charge in [0.25, 0.3) is 0 Å². The summed E-state index contributed by atoms with van der Waals surface area (Å²) in [6, 6.07) is 96.7. The van der Waals surface area contributed by atoms with Gasteiger partial charge in [-0.05, 0) is 100 Å². The zero-order valence-corrected chi connectivity index (χ0v) is 37.8. The van der Waals surface area contributed by atoms with Crippen molar-refractivity contribution in [2.24, 2.45) is 0 Å². The summed E-state index contributed by atoms with van der Waals surface area (Å²) in [6.45, 7) is 0. The highest BCUT2D eigenvalue weighted by atomic mass is 14.9. The number of benzene rings is 11. The topological polar surface area (TPSA) is 25.8 Å². The summed E-state index contributed by atoms with van der Waals surface area (Å²) < 4.78 is 0. The Morgan fingerprint density at radius 1 is 0.232 bits per heavy atom. The molecule has 13 rings (SSSR count). The minimum atomic E-state index is -0.434. The molecular formula is C67H44N2. The molecule has 0 N–H and O–H groups in total. The molecule has 12 aromatic rings. The SMILES string of the molecule is c1ccc(-c2ccc(-c3cc(-c4ccc(-c5ccc(-c6ccc7c(c6)-c6ccccc6C7(c6ccccc6)c6ccccc6)c6ccccc56)c5ccccc45)nc(-c4ccccc4)n3)cc2)cc1. The van der Waals surface area contributed by atoms with Crippen molar-refractivity contribution in [3.8, 4) is 78.4 Å². The van der Waals surface area contributed by atoms with Crippen molar-refractivity contribution in [1.82, 2.24) is 9.97 Å². The van der Waals surface area contributed by atoms with Gasteiger partial charge in [0.15, 0.2) is 5.82 Å². The van der Waals surface area contributed by atoms with Crippen LogP contribution in [-0.4, -0.2) is 9.97 Å². The van der Waals surface area contributed by atoms with Crippen molar-refractivity contribution in [3.05, 3.63) is 289 Å². The van der Waals surface area contributed by atoms with E-state index in [4.69, 9.17) is 9.97 Å². The van der Waals surface area contributed by atoms with Gasteiger partial charge in [0, 0.05) is 16.7 Å². The minimum Gasteiger partial charge on any atom is -0.228 e. The largest absolute Gasteiger partial charge is 0.228 e. The molecule has 1 heterocycles. The fourth-order valence-electron chi connectivity index (χ4n) is 11.1. The molecule has 1 aliphatic carbocycles. The number of hydrogen-bond donors (Lipinski definition) is 0. The van der Waals surface area contributed by atoms with E-state index in [-0.39, 0.29) is 0 Å². The van der Waals surface area contributed by atoms with Crippen LogP contribution in [0.4, 0.5) is 0 Å². The predicted molar refractivity (Wildman–Crippen MR) is 287 cm³/mol. The highest BCUT2D eigenvalue weighted by Gasteiger charge is 2.46. The van der Waals surface area contributed by atoms with Gasteiger partial charge in [0.1, 0.15) is 0 Å². The lowest BCUT2D eigenvalue weighted by Crippen LogP contribution is -2.28. The molecule has 69 heavy (non-hydrogen) atoms. The molecule has 0 bridgehead atoms. The van der Waals surface area contributed by atoms with Crippen LogP contribution in [0.15, 0.2) is 267 Å². The van der Waals surface area contributed by atoms with Gasteiger partial charge in [0.05, 0.1) is 16.8 Å². The number of fused-ring (bicyclic) bond motifs is 5. The molecule has 0 spiro atoms. The molecule has 11 aromatic carbocycles. The van der Waals surface area contributed by atoms with Crippen LogP contribution < -0.4 is 0 Å². The van der Waals surface area contributed by atoms with E-state index in [0.29, 0.717) is 5.82 Å². The first kappa shape index (κ1) is 40.3. The number of hydrogen-bond acceptors (Lipinski definition) is 2. The van der Waals surface area contributed by atoms with Crippen molar-refractivity contribution >= 4 is 21.5 Å². The fraction of sp³-hybridized carbons (Fsp3) is 0.0149. The first-order valence-corrected chi connectivity index (χ1v) is 23.7. The van der Waals surface area contributed by atoms with E-state index in [0.717, 1.165) is 33.5 Å². The lowest BCUT2D eigenvalue weighted by molar-refractivity contribution is 0.768. The normalized spacial score (nSPS) is 12.5. The lowest BCUT2D eigenvalue weighted by atomic mass is 9.67. The highest BCUT2D eigenvalue weighted by Crippen LogP contribution is 2.57. The van der Waals surface area contributed by atoms with Gasteiger partial charge in [0.2, 0.25) is 0 Å². The van der Waals surface area contributed by atoms with Crippen LogP contribution in [0, 0.1) is 0 Å². The Morgan fingerprint density at radius 2 is 0.652 bits per heavy atom. The summed E-state index contributed by atoms with van der Waals surface area (Å²) in [5, 5.41) is 4.75. The smallest absolute Gasteiger partial charge is 0.160 e. The van der Waals surface area contributed by atoms with Gasteiger partial charge in [-0.25, -0.2) is 9.97 Å². The quantitative estimate of drug-likeness (QED) is 0.152. The van der Waals surface area contributed by atoms with Gasteiger partial charge >= 0.3 is 0 Å². The molecule has 0 fully saturated rings. The standard InChI is InChI=1S/C67H44N2/c1-5-19-45(20-6-1)46-33-35-47(36-34-46)64-44-65(69-66(68-64)48-21-7-2-8-22-48)60-41-40-58(55-29-15-16-30-56(55)60)57-39-38-52(53-27-13-14-28-54(53)57)49-37-42-63-61(43-49)59-31-17-18-32-62(59)67(63,50-23-9-3-10-24-50)51-25-11-4-12-26-51/h1-44H. The maximum absolute atomic E-state index is 5.28. The Bertz CT molecular complexity index is 3820. The van der Waals surface area contributed by atoms with Crippen LogP contribution in [0.25, 0.3) is 100.0 Å².